The molecule has 1 heterocycles. The first-order chi connectivity index (χ1) is 9.10. The second-order valence-corrected chi connectivity index (χ2v) is 3.68. The minimum Gasteiger partial charge on any atom is -0.436 e. The lowest BCUT2D eigenvalue weighted by Gasteiger charge is -2.06. The first kappa shape index (κ1) is 12.9. The van der Waals surface area contributed by atoms with E-state index in [1.165, 1.54) is 12.3 Å². The number of nitrogens with zero attached hydrogens (tertiary/aromatic N) is 2. The van der Waals surface area contributed by atoms with Gasteiger partial charge in [-0.15, -0.1) is 0 Å². The molecule has 19 heavy (non-hydrogen) atoms. The van der Waals surface area contributed by atoms with Gasteiger partial charge in [-0.3, -0.25) is 10.1 Å². The Bertz CT molecular complexity index is 602. The molecule has 0 aliphatic heterocycles. The van der Waals surface area contributed by atoms with E-state index < -0.39 is 10.7 Å². The van der Waals surface area contributed by atoms with E-state index in [-0.39, 0.29) is 17.3 Å². The van der Waals surface area contributed by atoms with Gasteiger partial charge < -0.3 is 10.5 Å². The van der Waals surface area contributed by atoms with Crippen LogP contribution in [0.4, 0.5) is 10.1 Å². The molecule has 0 spiro atoms. The van der Waals surface area contributed by atoms with Crippen LogP contribution in [0.15, 0.2) is 36.5 Å². The van der Waals surface area contributed by atoms with Gasteiger partial charge in [0.2, 0.25) is 5.88 Å². The van der Waals surface area contributed by atoms with E-state index in [1.807, 2.05) is 0 Å². The fraction of sp³-hybridized carbons (Fsp3) is 0.0833. The molecule has 0 aliphatic carbocycles. The van der Waals surface area contributed by atoms with Gasteiger partial charge in [-0.25, -0.2) is 9.37 Å². The highest BCUT2D eigenvalue weighted by atomic mass is 19.1. The van der Waals surface area contributed by atoms with Crippen molar-refractivity contribution >= 4 is 5.69 Å². The molecular formula is C12H10FN3O3. The summed E-state index contributed by atoms with van der Waals surface area (Å²) in [7, 11) is 0. The number of nitro benzene ring substituents is 1. The Morgan fingerprint density at radius 1 is 1.37 bits per heavy atom. The van der Waals surface area contributed by atoms with Crippen molar-refractivity contribution in [3.05, 3.63) is 58.0 Å². The Hall–Kier alpha value is -2.54. The molecule has 1 aromatic carbocycles. The Balaban J connectivity index is 2.20. The van der Waals surface area contributed by atoms with Crippen molar-refractivity contribution < 1.29 is 14.1 Å². The van der Waals surface area contributed by atoms with Crippen LogP contribution in [-0.2, 0) is 6.54 Å². The van der Waals surface area contributed by atoms with Crippen molar-refractivity contribution in [3.63, 3.8) is 0 Å². The Labute approximate surface area is 107 Å². The Morgan fingerprint density at radius 2 is 2.16 bits per heavy atom. The van der Waals surface area contributed by atoms with Crippen molar-refractivity contribution in [2.24, 2.45) is 5.73 Å². The quantitative estimate of drug-likeness (QED) is 0.675. The molecule has 7 heteroatoms. The Kier molecular flexibility index (Phi) is 3.67. The zero-order valence-electron chi connectivity index (χ0n) is 9.75. The molecule has 1 aromatic heterocycles. The van der Waals surface area contributed by atoms with Crippen LogP contribution in [0.25, 0.3) is 0 Å². The molecule has 0 atom stereocenters. The van der Waals surface area contributed by atoms with E-state index in [9.17, 15) is 14.5 Å². The number of hydrogen-bond donors (Lipinski definition) is 1. The minimum absolute atomic E-state index is 0.126. The van der Waals surface area contributed by atoms with Crippen molar-refractivity contribution in [3.8, 4) is 11.6 Å². The number of benzene rings is 1. The summed E-state index contributed by atoms with van der Waals surface area (Å²) in [6, 6.07) is 6.39. The van der Waals surface area contributed by atoms with Gasteiger partial charge in [0.05, 0.1) is 11.0 Å². The number of nitro groups is 1. The van der Waals surface area contributed by atoms with Crippen molar-refractivity contribution in [1.29, 1.82) is 0 Å². The first-order valence-electron chi connectivity index (χ1n) is 5.37. The highest BCUT2D eigenvalue weighted by molar-refractivity contribution is 5.39. The minimum atomic E-state index is -0.820. The molecule has 0 radical (unpaired) electrons. The molecular weight excluding hydrogens is 253 g/mol. The van der Waals surface area contributed by atoms with Gasteiger partial charge in [-0.2, -0.15) is 0 Å². The predicted octanol–water partition coefficient (Wildman–Crippen LogP) is 2.38. The van der Waals surface area contributed by atoms with Crippen LogP contribution in [-0.4, -0.2) is 9.91 Å². The van der Waals surface area contributed by atoms with Crippen LogP contribution < -0.4 is 10.5 Å². The van der Waals surface area contributed by atoms with Crippen LogP contribution in [0.5, 0.6) is 11.6 Å². The molecule has 0 fully saturated rings. The predicted molar refractivity (Wildman–Crippen MR) is 65.3 cm³/mol. The van der Waals surface area contributed by atoms with Gasteiger partial charge in [-0.1, -0.05) is 6.07 Å². The zero-order valence-corrected chi connectivity index (χ0v) is 9.75. The maximum absolute atomic E-state index is 13.6. The summed E-state index contributed by atoms with van der Waals surface area (Å²) in [6.07, 6.45) is 1.51. The standard InChI is InChI=1S/C12H10FN3O3/c13-10-5-9(16(17)18)2-3-11(10)19-12-4-1-8(6-14)7-15-12/h1-5,7H,6,14H2. The molecule has 2 N–H and O–H groups in total. The molecule has 0 amide bonds. The fourth-order valence-corrected chi connectivity index (χ4v) is 1.39. The third kappa shape index (κ3) is 3.02. The molecule has 0 aliphatic rings. The summed E-state index contributed by atoms with van der Waals surface area (Å²) in [6.45, 7) is 0.346. The van der Waals surface area contributed by atoms with Gasteiger partial charge in [0.1, 0.15) is 0 Å². The van der Waals surface area contributed by atoms with Crippen LogP contribution in [0.2, 0.25) is 0 Å². The molecule has 0 unspecified atom stereocenters. The zero-order chi connectivity index (χ0) is 13.8. The van der Waals surface area contributed by atoms with Crippen LogP contribution in [0.1, 0.15) is 5.56 Å². The summed E-state index contributed by atoms with van der Waals surface area (Å²) in [4.78, 5) is 13.7. The summed E-state index contributed by atoms with van der Waals surface area (Å²) < 4.78 is 18.8. The van der Waals surface area contributed by atoms with Crippen LogP contribution >= 0.6 is 0 Å². The molecule has 0 saturated carbocycles. The van der Waals surface area contributed by atoms with Crippen molar-refractivity contribution in [1.82, 2.24) is 4.98 Å². The van der Waals surface area contributed by atoms with Gasteiger partial charge in [-0.05, 0) is 11.6 Å². The summed E-state index contributed by atoms with van der Waals surface area (Å²) >= 11 is 0. The first-order valence-corrected chi connectivity index (χ1v) is 5.37. The average Bonchev–Trinajstić information content (AvgIpc) is 2.41. The number of aromatic nitrogens is 1. The van der Waals surface area contributed by atoms with E-state index in [0.717, 1.165) is 17.7 Å². The van der Waals surface area contributed by atoms with E-state index >= 15 is 0 Å². The lowest BCUT2D eigenvalue weighted by molar-refractivity contribution is -0.385. The number of halogens is 1. The van der Waals surface area contributed by atoms with E-state index in [4.69, 9.17) is 10.5 Å². The van der Waals surface area contributed by atoms with Crippen LogP contribution in [0, 0.1) is 15.9 Å². The number of non-ortho nitro benzene ring substituents is 1. The molecule has 0 bridgehead atoms. The maximum atomic E-state index is 13.6. The maximum Gasteiger partial charge on any atom is 0.272 e. The smallest absolute Gasteiger partial charge is 0.272 e. The number of rotatable bonds is 4. The highest BCUT2D eigenvalue weighted by Gasteiger charge is 2.12. The number of hydrogen-bond acceptors (Lipinski definition) is 5. The third-order valence-corrected chi connectivity index (χ3v) is 2.37. The second kappa shape index (κ2) is 5.40. The van der Waals surface area contributed by atoms with E-state index in [0.29, 0.717) is 6.54 Å². The van der Waals surface area contributed by atoms with E-state index in [2.05, 4.69) is 4.98 Å². The van der Waals surface area contributed by atoms with Gasteiger partial charge in [0.25, 0.3) is 5.69 Å². The molecule has 0 saturated heterocycles. The van der Waals surface area contributed by atoms with Gasteiger partial charge in [0.15, 0.2) is 11.6 Å². The number of nitrogens with two attached hydrogens (primary N) is 1. The van der Waals surface area contributed by atoms with Crippen molar-refractivity contribution in [2.75, 3.05) is 0 Å². The summed E-state index contributed by atoms with van der Waals surface area (Å²) in [5, 5.41) is 10.5. The summed E-state index contributed by atoms with van der Waals surface area (Å²) in [5.41, 5.74) is 5.90. The Morgan fingerprint density at radius 3 is 2.68 bits per heavy atom. The molecule has 2 aromatic rings. The lowest BCUT2D eigenvalue weighted by atomic mass is 10.3. The van der Waals surface area contributed by atoms with Crippen molar-refractivity contribution in [2.45, 2.75) is 6.54 Å². The second-order valence-electron chi connectivity index (χ2n) is 3.68. The summed E-state index contributed by atoms with van der Waals surface area (Å²) in [5.74, 6) is -0.762. The molecule has 98 valence electrons. The third-order valence-electron chi connectivity index (χ3n) is 2.37. The topological polar surface area (TPSA) is 91.3 Å². The normalized spacial score (nSPS) is 10.2. The molecule has 2 rings (SSSR count). The SMILES string of the molecule is NCc1ccc(Oc2ccc([N+](=O)[O-])cc2F)nc1. The van der Waals surface area contributed by atoms with Gasteiger partial charge in [0, 0.05) is 24.9 Å². The largest absolute Gasteiger partial charge is 0.436 e. The molecule has 6 nitrogen and oxygen atoms in total. The lowest BCUT2D eigenvalue weighted by Crippen LogP contribution is -1.98. The fourth-order valence-electron chi connectivity index (χ4n) is 1.39. The number of pyridine rings is 1. The average molecular weight is 263 g/mol. The van der Waals surface area contributed by atoms with E-state index in [1.54, 1.807) is 12.1 Å². The van der Waals surface area contributed by atoms with Crippen LogP contribution in [0.3, 0.4) is 0 Å². The van der Waals surface area contributed by atoms with Gasteiger partial charge >= 0.3 is 0 Å². The highest BCUT2D eigenvalue weighted by Crippen LogP contribution is 2.26. The number of ether oxygens (including phenoxy) is 1. The monoisotopic (exact) mass is 263 g/mol.